The number of hydrogen-bond acceptors (Lipinski definition) is 5. The molecule has 0 radical (unpaired) electrons. The third-order valence-electron chi connectivity index (χ3n) is 4.57. The van der Waals surface area contributed by atoms with Gasteiger partial charge >= 0.3 is 0 Å². The normalized spacial score (nSPS) is 10.9. The number of carbonyl (C=O) groups excluding carboxylic acids is 1. The Morgan fingerprint density at radius 3 is 2.50 bits per heavy atom. The molecule has 7 heteroatoms. The van der Waals surface area contributed by atoms with Crippen LogP contribution in [0.25, 0.3) is 21.7 Å². The number of amides is 1. The van der Waals surface area contributed by atoms with Crippen LogP contribution in [-0.4, -0.2) is 20.6 Å². The van der Waals surface area contributed by atoms with E-state index in [1.165, 1.54) is 4.57 Å². The average molecular weight is 374 g/mol. The Morgan fingerprint density at radius 2 is 1.75 bits per heavy atom. The maximum atomic E-state index is 12.6. The van der Waals surface area contributed by atoms with Gasteiger partial charge < -0.3 is 5.11 Å². The number of hydrazine groups is 1. The Hall–Kier alpha value is -3.87. The quantitative estimate of drug-likeness (QED) is 0.477. The van der Waals surface area contributed by atoms with Crippen molar-refractivity contribution < 1.29 is 9.90 Å². The number of fused-ring (bicyclic) bond motifs is 2. The minimum absolute atomic E-state index is 0.123. The second-order valence-electron chi connectivity index (χ2n) is 6.30. The van der Waals surface area contributed by atoms with Crippen molar-refractivity contribution in [3.8, 4) is 5.75 Å². The first-order chi connectivity index (χ1) is 13.6. The largest absolute Gasteiger partial charge is 0.507 e. The molecule has 0 aliphatic heterocycles. The number of benzene rings is 3. The second kappa shape index (κ2) is 7.03. The lowest BCUT2D eigenvalue weighted by Gasteiger charge is -2.14. The first kappa shape index (κ1) is 17.5. The van der Waals surface area contributed by atoms with Crippen LogP contribution in [0.2, 0.25) is 0 Å². The number of carbonyl (C=O) groups is 1. The van der Waals surface area contributed by atoms with E-state index in [1.807, 2.05) is 31.2 Å². The van der Waals surface area contributed by atoms with E-state index in [4.69, 9.17) is 0 Å². The molecule has 0 saturated heterocycles. The van der Waals surface area contributed by atoms with Crippen molar-refractivity contribution in [2.24, 2.45) is 0 Å². The van der Waals surface area contributed by atoms with E-state index in [2.05, 4.69) is 15.8 Å². The maximum Gasteiger partial charge on any atom is 0.273 e. The summed E-state index contributed by atoms with van der Waals surface area (Å²) in [5, 5.41) is 12.4. The van der Waals surface area contributed by atoms with Crippen molar-refractivity contribution in [3.63, 3.8) is 0 Å². The first-order valence-corrected chi connectivity index (χ1v) is 8.86. The molecule has 0 unspecified atom stereocenters. The van der Waals surface area contributed by atoms with Gasteiger partial charge in [0.15, 0.2) is 0 Å². The first-order valence-electron chi connectivity index (χ1n) is 8.86. The molecule has 0 bridgehead atoms. The summed E-state index contributed by atoms with van der Waals surface area (Å²) in [6.07, 6.45) is 0. The molecular formula is C21H18N4O3. The van der Waals surface area contributed by atoms with Gasteiger partial charge in [0, 0.05) is 6.54 Å². The predicted octanol–water partition coefficient (Wildman–Crippen LogP) is 3.03. The van der Waals surface area contributed by atoms with Gasteiger partial charge in [-0.3, -0.25) is 25.0 Å². The van der Waals surface area contributed by atoms with Gasteiger partial charge in [0.05, 0.1) is 16.5 Å². The number of phenolic OH excluding ortho intramolecular Hbond substituents is 1. The third kappa shape index (κ3) is 3.03. The van der Waals surface area contributed by atoms with Crippen LogP contribution in [0, 0.1) is 0 Å². The number of rotatable bonds is 4. The molecule has 4 rings (SSSR count). The molecule has 3 N–H and O–H groups in total. The summed E-state index contributed by atoms with van der Waals surface area (Å²) in [7, 11) is 0. The third-order valence-corrected chi connectivity index (χ3v) is 4.57. The monoisotopic (exact) mass is 374 g/mol. The zero-order valence-electron chi connectivity index (χ0n) is 15.1. The lowest BCUT2D eigenvalue weighted by Crippen LogP contribution is -2.34. The summed E-state index contributed by atoms with van der Waals surface area (Å²) in [5.74, 6) is -0.439. The Balaban J connectivity index is 1.65. The van der Waals surface area contributed by atoms with Crippen LogP contribution in [0.4, 0.5) is 5.95 Å². The zero-order valence-corrected chi connectivity index (χ0v) is 15.1. The number of hydrogen-bond donors (Lipinski definition) is 3. The molecule has 140 valence electrons. The number of para-hydroxylation sites is 1. The molecule has 7 nitrogen and oxygen atoms in total. The number of aromatic nitrogens is 2. The molecule has 1 amide bonds. The highest BCUT2D eigenvalue weighted by atomic mass is 16.3. The van der Waals surface area contributed by atoms with Crippen molar-refractivity contribution in [2.75, 3.05) is 5.43 Å². The molecule has 0 aliphatic carbocycles. The summed E-state index contributed by atoms with van der Waals surface area (Å²) in [5.41, 5.74) is 5.68. The van der Waals surface area contributed by atoms with Crippen LogP contribution in [0.1, 0.15) is 17.3 Å². The molecule has 0 aliphatic rings. The van der Waals surface area contributed by atoms with E-state index in [9.17, 15) is 14.7 Å². The number of phenols is 1. The lowest BCUT2D eigenvalue weighted by molar-refractivity contribution is 0.0959. The minimum Gasteiger partial charge on any atom is -0.507 e. The van der Waals surface area contributed by atoms with Gasteiger partial charge in [0.2, 0.25) is 5.95 Å². The Kier molecular flexibility index (Phi) is 4.41. The topological polar surface area (TPSA) is 96.2 Å². The van der Waals surface area contributed by atoms with Crippen molar-refractivity contribution >= 4 is 33.5 Å². The van der Waals surface area contributed by atoms with E-state index < -0.39 is 5.91 Å². The van der Waals surface area contributed by atoms with Gasteiger partial charge in [-0.1, -0.05) is 36.4 Å². The van der Waals surface area contributed by atoms with Crippen molar-refractivity contribution in [3.05, 3.63) is 76.6 Å². The standard InChI is InChI=1S/C21H18N4O3/c1-2-25-20(28)15-9-5-6-10-17(15)22-21(25)24-23-19(27)16-11-13-7-3-4-8-14(13)12-18(16)26/h3-12,26H,2H2,1H3,(H,22,24)(H,23,27). The number of nitrogens with zero attached hydrogens (tertiary/aromatic N) is 2. The van der Waals surface area contributed by atoms with Gasteiger partial charge in [-0.2, -0.15) is 0 Å². The van der Waals surface area contributed by atoms with E-state index in [0.29, 0.717) is 17.4 Å². The van der Waals surface area contributed by atoms with E-state index >= 15 is 0 Å². The SMILES string of the molecule is CCn1c(NNC(=O)c2cc3ccccc3cc2O)nc2ccccc2c1=O. The molecule has 4 aromatic rings. The van der Waals surface area contributed by atoms with Crippen LogP contribution in [0.5, 0.6) is 5.75 Å². The van der Waals surface area contributed by atoms with E-state index in [-0.39, 0.29) is 22.8 Å². The molecule has 0 fully saturated rings. The fourth-order valence-electron chi connectivity index (χ4n) is 3.15. The van der Waals surface area contributed by atoms with Gasteiger partial charge in [0.1, 0.15) is 5.75 Å². The molecule has 0 atom stereocenters. The van der Waals surface area contributed by atoms with Crippen molar-refractivity contribution in [1.82, 2.24) is 15.0 Å². The Bertz CT molecular complexity index is 1260. The van der Waals surface area contributed by atoms with Crippen LogP contribution >= 0.6 is 0 Å². The van der Waals surface area contributed by atoms with Crippen molar-refractivity contribution in [1.29, 1.82) is 0 Å². The smallest absolute Gasteiger partial charge is 0.273 e. The van der Waals surface area contributed by atoms with Crippen LogP contribution < -0.4 is 16.4 Å². The lowest BCUT2D eigenvalue weighted by atomic mass is 10.1. The van der Waals surface area contributed by atoms with Crippen LogP contribution in [0.15, 0.2) is 65.5 Å². The summed E-state index contributed by atoms with van der Waals surface area (Å²) >= 11 is 0. The highest BCUT2D eigenvalue weighted by Gasteiger charge is 2.14. The van der Waals surface area contributed by atoms with E-state index in [0.717, 1.165) is 10.8 Å². The summed E-state index contributed by atoms with van der Waals surface area (Å²) in [4.78, 5) is 29.6. The summed E-state index contributed by atoms with van der Waals surface area (Å²) in [6.45, 7) is 2.20. The molecule has 28 heavy (non-hydrogen) atoms. The zero-order chi connectivity index (χ0) is 19.7. The Morgan fingerprint density at radius 1 is 1.07 bits per heavy atom. The highest BCUT2D eigenvalue weighted by Crippen LogP contribution is 2.24. The molecular weight excluding hydrogens is 356 g/mol. The molecule has 0 saturated carbocycles. The van der Waals surface area contributed by atoms with Crippen molar-refractivity contribution in [2.45, 2.75) is 13.5 Å². The van der Waals surface area contributed by atoms with Crippen LogP contribution in [-0.2, 0) is 6.54 Å². The van der Waals surface area contributed by atoms with Gasteiger partial charge in [-0.25, -0.2) is 4.98 Å². The molecule has 1 aromatic heterocycles. The number of anilines is 1. The molecule has 0 spiro atoms. The average Bonchev–Trinajstić information content (AvgIpc) is 2.71. The number of aromatic hydroxyl groups is 1. The maximum absolute atomic E-state index is 12.6. The van der Waals surface area contributed by atoms with E-state index in [1.54, 1.807) is 36.4 Å². The fraction of sp³-hybridized carbons (Fsp3) is 0.0952. The summed E-state index contributed by atoms with van der Waals surface area (Å²) in [6, 6.07) is 17.6. The molecule has 3 aromatic carbocycles. The number of nitrogens with one attached hydrogen (secondary N) is 2. The highest BCUT2D eigenvalue weighted by molar-refractivity contribution is 6.01. The minimum atomic E-state index is -0.534. The fourth-order valence-corrected chi connectivity index (χ4v) is 3.15. The Labute approximate surface area is 160 Å². The van der Waals surface area contributed by atoms with Gasteiger partial charge in [-0.15, -0.1) is 0 Å². The van der Waals surface area contributed by atoms with Gasteiger partial charge in [0.25, 0.3) is 11.5 Å². The van der Waals surface area contributed by atoms with Crippen LogP contribution in [0.3, 0.4) is 0 Å². The second-order valence-corrected chi connectivity index (χ2v) is 6.30. The van der Waals surface area contributed by atoms with Gasteiger partial charge in [-0.05, 0) is 42.0 Å². The molecule has 1 heterocycles. The predicted molar refractivity (Wildman–Crippen MR) is 108 cm³/mol. The summed E-state index contributed by atoms with van der Waals surface area (Å²) < 4.78 is 1.43.